The quantitative estimate of drug-likeness (QED) is 0.249. The largest absolute Gasteiger partial charge is 0.618 e. The van der Waals surface area contributed by atoms with E-state index in [1.807, 2.05) is 0 Å². The molecule has 5 rings (SSSR count). The van der Waals surface area contributed by atoms with Crippen LogP contribution in [-0.4, -0.2) is 69.7 Å². The maximum atomic E-state index is 13.7. The Hall–Kier alpha value is -4.17. The Bertz CT molecular complexity index is 1630. The molecule has 45 heavy (non-hydrogen) atoms. The monoisotopic (exact) mass is 642 g/mol. The Morgan fingerprint density at radius 2 is 1.80 bits per heavy atom. The summed E-state index contributed by atoms with van der Waals surface area (Å²) in [6, 6.07) is 7.00. The molecule has 0 spiro atoms. The minimum Gasteiger partial charge on any atom is -0.618 e. The highest BCUT2D eigenvalue weighted by atomic mass is 32.2. The Balaban J connectivity index is 1.31. The summed E-state index contributed by atoms with van der Waals surface area (Å²) in [5.41, 5.74) is 0.410. The van der Waals surface area contributed by atoms with E-state index in [1.54, 1.807) is 18.2 Å². The Kier molecular flexibility index (Phi) is 9.93. The molecule has 3 heterocycles. The number of rotatable bonds is 10. The standard InChI is InChI=1S/C31H38N4O9S/c1-42-26-16-21-17-28(44-25(21)18-27(26)43-2)31(38)33-23(15-20-9-4-3-5-10-20)30(37)32-22-11-8-13-34(19-24(22)36)45(40,41)29-12-6-7-14-35(29)39/h6-7,12,14,16-18,20,22-23H,3-5,8-11,13,15,19H2,1-2H3,(H,32,37)(H,33,38)/t22-,23?/m0/s1. The molecule has 3 aromatic rings. The van der Waals surface area contributed by atoms with Crippen LogP contribution in [0.4, 0.5) is 0 Å². The molecule has 14 heteroatoms. The summed E-state index contributed by atoms with van der Waals surface area (Å²) < 4.78 is 44.0. The van der Waals surface area contributed by atoms with Crippen LogP contribution in [0.2, 0.25) is 0 Å². The second kappa shape index (κ2) is 13.9. The van der Waals surface area contributed by atoms with Gasteiger partial charge < -0.3 is 29.7 Å². The van der Waals surface area contributed by atoms with Crippen molar-refractivity contribution in [3.05, 3.63) is 53.6 Å². The van der Waals surface area contributed by atoms with E-state index < -0.39 is 51.3 Å². The zero-order valence-electron chi connectivity index (χ0n) is 25.3. The van der Waals surface area contributed by atoms with Gasteiger partial charge in [0.1, 0.15) is 11.6 Å². The van der Waals surface area contributed by atoms with Crippen molar-refractivity contribution >= 4 is 38.6 Å². The van der Waals surface area contributed by atoms with Crippen LogP contribution < -0.4 is 24.8 Å². The highest BCUT2D eigenvalue weighted by molar-refractivity contribution is 7.89. The number of fused-ring (bicyclic) bond motifs is 1. The molecule has 1 aromatic carbocycles. The van der Waals surface area contributed by atoms with Gasteiger partial charge in [-0.15, -0.1) is 0 Å². The van der Waals surface area contributed by atoms with Gasteiger partial charge in [0.25, 0.3) is 5.91 Å². The summed E-state index contributed by atoms with van der Waals surface area (Å²) in [7, 11) is -1.24. The van der Waals surface area contributed by atoms with E-state index in [0.29, 0.717) is 28.9 Å². The fourth-order valence-corrected chi connectivity index (χ4v) is 7.54. The lowest BCUT2D eigenvalue weighted by Crippen LogP contribution is -2.53. The van der Waals surface area contributed by atoms with E-state index in [-0.39, 0.29) is 35.8 Å². The molecular formula is C31H38N4O9S. The highest BCUT2D eigenvalue weighted by Crippen LogP contribution is 2.34. The number of nitrogens with zero attached hydrogens (tertiary/aromatic N) is 2. The van der Waals surface area contributed by atoms with Gasteiger partial charge in [0.05, 0.1) is 26.8 Å². The van der Waals surface area contributed by atoms with Crippen LogP contribution in [0.25, 0.3) is 11.0 Å². The third-order valence-corrected chi connectivity index (χ3v) is 10.3. The first kappa shape index (κ1) is 32.2. The molecule has 1 aliphatic carbocycles. The third-order valence-electron chi connectivity index (χ3n) is 8.49. The molecule has 0 radical (unpaired) electrons. The van der Waals surface area contributed by atoms with Crippen molar-refractivity contribution in [3.8, 4) is 11.5 Å². The lowest BCUT2D eigenvalue weighted by molar-refractivity contribution is -0.646. The second-order valence-corrected chi connectivity index (χ2v) is 13.4. The normalized spacial score (nSPS) is 19.1. The van der Waals surface area contributed by atoms with Crippen molar-refractivity contribution in [1.29, 1.82) is 0 Å². The molecule has 2 aliphatic rings. The molecule has 2 fully saturated rings. The SMILES string of the molecule is COc1cc2cc(C(=O)NC(CC3CCCCC3)C(=O)N[C@H]3CCCN(S(=O)(=O)c4cccc[n+]4[O-])CC3=O)oc2cc1OC. The minimum absolute atomic E-state index is 0.00432. The number of carbonyl (C=O) groups is 3. The Morgan fingerprint density at radius 1 is 1.07 bits per heavy atom. The van der Waals surface area contributed by atoms with Gasteiger partial charge >= 0.3 is 15.0 Å². The Morgan fingerprint density at radius 3 is 2.51 bits per heavy atom. The van der Waals surface area contributed by atoms with Crippen molar-refractivity contribution in [3.63, 3.8) is 0 Å². The van der Waals surface area contributed by atoms with E-state index in [4.69, 9.17) is 13.9 Å². The lowest BCUT2D eigenvalue weighted by Gasteiger charge is -2.27. The molecule has 2 N–H and O–H groups in total. The molecule has 242 valence electrons. The zero-order chi connectivity index (χ0) is 32.1. The van der Waals surface area contributed by atoms with Gasteiger partial charge in [0.2, 0.25) is 5.91 Å². The summed E-state index contributed by atoms with van der Waals surface area (Å²) in [5, 5.41) is 17.9. The van der Waals surface area contributed by atoms with Crippen molar-refractivity contribution in [2.24, 2.45) is 5.92 Å². The molecule has 1 unspecified atom stereocenters. The van der Waals surface area contributed by atoms with Gasteiger partial charge in [0.15, 0.2) is 29.2 Å². The fraction of sp³-hybridized carbons (Fsp3) is 0.484. The number of aromatic nitrogens is 1. The molecule has 2 amide bonds. The van der Waals surface area contributed by atoms with Crippen LogP contribution >= 0.6 is 0 Å². The molecule has 1 saturated heterocycles. The molecule has 2 atom stereocenters. The van der Waals surface area contributed by atoms with E-state index in [9.17, 15) is 28.0 Å². The minimum atomic E-state index is -4.24. The topological polar surface area (TPSA) is 171 Å². The molecule has 1 aliphatic heterocycles. The van der Waals surface area contributed by atoms with Gasteiger partial charge in [-0.3, -0.25) is 14.4 Å². The number of methoxy groups -OCH3 is 2. The molecular weight excluding hydrogens is 604 g/mol. The lowest BCUT2D eigenvalue weighted by atomic mass is 9.84. The summed E-state index contributed by atoms with van der Waals surface area (Å²) in [6.07, 6.45) is 7.02. The van der Waals surface area contributed by atoms with E-state index in [1.165, 1.54) is 32.4 Å². The van der Waals surface area contributed by atoms with Crippen LogP contribution in [0.15, 0.2) is 52.0 Å². The summed E-state index contributed by atoms with van der Waals surface area (Å²) in [5.74, 6) is -0.472. The van der Waals surface area contributed by atoms with Gasteiger partial charge in [0, 0.05) is 30.1 Å². The molecule has 13 nitrogen and oxygen atoms in total. The fourth-order valence-electron chi connectivity index (χ4n) is 6.07. The predicted molar refractivity (Wildman–Crippen MR) is 162 cm³/mol. The Labute approximate surface area is 261 Å². The van der Waals surface area contributed by atoms with Gasteiger partial charge in [-0.1, -0.05) is 32.1 Å². The first-order valence-corrected chi connectivity index (χ1v) is 16.5. The number of nitrogens with one attached hydrogen (secondary N) is 2. The average Bonchev–Trinajstić information content (AvgIpc) is 3.37. The van der Waals surface area contributed by atoms with Crippen LogP contribution in [-0.2, 0) is 19.6 Å². The summed E-state index contributed by atoms with van der Waals surface area (Å²) in [4.78, 5) is 40.3. The number of furan rings is 1. The van der Waals surface area contributed by atoms with E-state index in [2.05, 4.69) is 10.6 Å². The van der Waals surface area contributed by atoms with Crippen molar-refractivity contribution in [1.82, 2.24) is 14.9 Å². The predicted octanol–water partition coefficient (Wildman–Crippen LogP) is 2.69. The maximum Gasteiger partial charge on any atom is 0.323 e. The van der Waals surface area contributed by atoms with Gasteiger partial charge in [-0.25, -0.2) is 8.42 Å². The van der Waals surface area contributed by atoms with E-state index >= 15 is 0 Å². The third kappa shape index (κ3) is 7.22. The van der Waals surface area contributed by atoms with Crippen molar-refractivity contribution in [2.45, 2.75) is 68.5 Å². The summed E-state index contributed by atoms with van der Waals surface area (Å²) in [6.45, 7) is -0.479. The number of hydrogen-bond donors (Lipinski definition) is 2. The van der Waals surface area contributed by atoms with Crippen LogP contribution in [0.1, 0.15) is 61.9 Å². The van der Waals surface area contributed by atoms with Crippen molar-refractivity contribution < 1.29 is 41.4 Å². The zero-order valence-corrected chi connectivity index (χ0v) is 26.1. The van der Waals surface area contributed by atoms with Crippen LogP contribution in [0.3, 0.4) is 0 Å². The maximum absolute atomic E-state index is 13.7. The molecule has 0 bridgehead atoms. The number of pyridine rings is 1. The van der Waals surface area contributed by atoms with Crippen LogP contribution in [0, 0.1) is 11.1 Å². The number of ketones is 1. The molecule has 1 saturated carbocycles. The van der Waals surface area contributed by atoms with Crippen LogP contribution in [0.5, 0.6) is 11.5 Å². The number of benzene rings is 1. The second-order valence-electron chi connectivity index (χ2n) is 11.5. The van der Waals surface area contributed by atoms with Crippen molar-refractivity contribution in [2.75, 3.05) is 27.3 Å². The van der Waals surface area contributed by atoms with E-state index in [0.717, 1.165) is 42.6 Å². The number of sulfonamides is 1. The number of ether oxygens (including phenoxy) is 2. The number of carbonyl (C=O) groups excluding carboxylic acids is 3. The number of hydrogen-bond acceptors (Lipinski definition) is 9. The average molecular weight is 643 g/mol. The number of amides is 2. The van der Waals surface area contributed by atoms with Gasteiger partial charge in [-0.2, -0.15) is 9.04 Å². The van der Waals surface area contributed by atoms with Gasteiger partial charge in [-0.05, 0) is 43.4 Å². The number of Topliss-reactive ketones (excluding diaryl/α,β-unsaturated/α-hetero) is 1. The highest BCUT2D eigenvalue weighted by Gasteiger charge is 2.37. The first-order chi connectivity index (χ1) is 21.6. The first-order valence-electron chi connectivity index (χ1n) is 15.1. The molecule has 2 aromatic heterocycles. The smallest absolute Gasteiger partial charge is 0.323 e. The summed E-state index contributed by atoms with van der Waals surface area (Å²) >= 11 is 0.